The van der Waals surface area contributed by atoms with Crippen LogP contribution in [-0.2, 0) is 9.53 Å². The molecule has 0 spiro atoms. The molecule has 0 heterocycles. The number of amides is 2. The van der Waals surface area contributed by atoms with Crippen LogP contribution in [-0.4, -0.2) is 54.9 Å². The van der Waals surface area contributed by atoms with Crippen molar-refractivity contribution < 1.29 is 19.4 Å². The van der Waals surface area contributed by atoms with Crippen molar-refractivity contribution in [1.29, 1.82) is 5.26 Å². The van der Waals surface area contributed by atoms with E-state index in [2.05, 4.69) is 5.32 Å². The number of carbonyl (C=O) groups excluding carboxylic acids is 1. The first-order valence-corrected chi connectivity index (χ1v) is 6.13. The summed E-state index contributed by atoms with van der Waals surface area (Å²) in [5.74, 6) is -1.40. The van der Waals surface area contributed by atoms with Crippen LogP contribution in [0.1, 0.15) is 20.3 Å². The Bertz CT molecular complexity index is 340. The van der Waals surface area contributed by atoms with Gasteiger partial charge < -0.3 is 20.1 Å². The van der Waals surface area contributed by atoms with E-state index in [9.17, 15) is 9.59 Å². The molecule has 108 valence electrons. The van der Waals surface area contributed by atoms with Crippen LogP contribution in [0.4, 0.5) is 4.79 Å². The number of methoxy groups -OCH3 is 1. The lowest BCUT2D eigenvalue weighted by Gasteiger charge is -2.24. The number of carbonyl (C=O) groups is 2. The highest BCUT2D eigenvalue weighted by Crippen LogP contribution is 2.01. The summed E-state index contributed by atoms with van der Waals surface area (Å²) in [6.45, 7) is 4.41. The fourth-order valence-corrected chi connectivity index (χ4v) is 1.46. The average Bonchev–Trinajstić information content (AvgIpc) is 2.39. The second-order valence-electron chi connectivity index (χ2n) is 4.19. The molecule has 0 fully saturated rings. The van der Waals surface area contributed by atoms with Crippen molar-refractivity contribution in [3.63, 3.8) is 0 Å². The lowest BCUT2D eigenvalue weighted by Crippen LogP contribution is -2.49. The Labute approximate surface area is 113 Å². The van der Waals surface area contributed by atoms with E-state index in [1.54, 1.807) is 13.8 Å². The van der Waals surface area contributed by atoms with Gasteiger partial charge >= 0.3 is 12.0 Å². The molecule has 0 aromatic heterocycles. The molecule has 2 atom stereocenters. The fourth-order valence-electron chi connectivity index (χ4n) is 1.46. The first-order valence-electron chi connectivity index (χ1n) is 6.13. The number of aliphatic carboxylic acids is 1. The van der Waals surface area contributed by atoms with Crippen molar-refractivity contribution in [3.05, 3.63) is 0 Å². The van der Waals surface area contributed by atoms with Crippen molar-refractivity contribution in [3.8, 4) is 6.07 Å². The van der Waals surface area contributed by atoms with Crippen molar-refractivity contribution in [2.24, 2.45) is 5.92 Å². The maximum absolute atomic E-state index is 11.9. The molecule has 7 nitrogen and oxygen atoms in total. The van der Waals surface area contributed by atoms with Crippen LogP contribution in [0.25, 0.3) is 0 Å². The molecule has 0 bridgehead atoms. The Morgan fingerprint density at radius 1 is 1.53 bits per heavy atom. The summed E-state index contributed by atoms with van der Waals surface area (Å²) in [6, 6.07) is 0.571. The SMILES string of the molecule is CCN(CC(C)C#N)C(=O)NC(CCOC)C(=O)O. The molecule has 0 aliphatic rings. The number of hydrogen-bond donors (Lipinski definition) is 2. The van der Waals surface area contributed by atoms with Crippen LogP contribution in [0.15, 0.2) is 0 Å². The molecule has 2 unspecified atom stereocenters. The second-order valence-corrected chi connectivity index (χ2v) is 4.19. The van der Waals surface area contributed by atoms with Gasteiger partial charge in [0.1, 0.15) is 6.04 Å². The Hall–Kier alpha value is -1.81. The molecule has 7 heteroatoms. The standard InChI is InChI=1S/C12H21N3O4/c1-4-15(8-9(2)7-13)12(18)14-10(11(16)17)5-6-19-3/h9-10H,4-6,8H2,1-3H3,(H,14,18)(H,16,17). The quantitative estimate of drug-likeness (QED) is 0.675. The van der Waals surface area contributed by atoms with Crippen LogP contribution in [0.5, 0.6) is 0 Å². The number of nitriles is 1. The third-order valence-corrected chi connectivity index (χ3v) is 2.59. The molecular weight excluding hydrogens is 250 g/mol. The lowest BCUT2D eigenvalue weighted by atomic mass is 10.2. The summed E-state index contributed by atoms with van der Waals surface area (Å²) in [6.07, 6.45) is 0.197. The van der Waals surface area contributed by atoms with Gasteiger partial charge in [-0.25, -0.2) is 9.59 Å². The number of nitrogens with zero attached hydrogens (tertiary/aromatic N) is 2. The summed E-state index contributed by atoms with van der Waals surface area (Å²) in [4.78, 5) is 24.3. The van der Waals surface area contributed by atoms with Gasteiger partial charge in [0.05, 0.1) is 12.0 Å². The second kappa shape index (κ2) is 9.16. The molecule has 0 saturated heterocycles. The number of rotatable bonds is 8. The van der Waals surface area contributed by atoms with Gasteiger partial charge in [0, 0.05) is 33.2 Å². The van der Waals surface area contributed by atoms with Gasteiger partial charge in [-0.15, -0.1) is 0 Å². The van der Waals surface area contributed by atoms with Crippen molar-refractivity contribution >= 4 is 12.0 Å². The normalized spacial score (nSPS) is 13.2. The largest absolute Gasteiger partial charge is 0.480 e. The molecule has 0 aromatic rings. The van der Waals surface area contributed by atoms with Gasteiger partial charge in [-0.2, -0.15) is 5.26 Å². The third kappa shape index (κ3) is 6.62. The van der Waals surface area contributed by atoms with Gasteiger partial charge in [0.2, 0.25) is 0 Å². The number of nitrogens with one attached hydrogen (secondary N) is 1. The molecule has 0 aromatic carbocycles. The molecule has 0 aliphatic heterocycles. The highest BCUT2D eigenvalue weighted by atomic mass is 16.5. The zero-order valence-electron chi connectivity index (χ0n) is 11.5. The minimum absolute atomic E-state index is 0.197. The van der Waals surface area contributed by atoms with Crippen LogP contribution in [0.2, 0.25) is 0 Å². The van der Waals surface area contributed by atoms with E-state index < -0.39 is 18.0 Å². The number of carboxylic acid groups (broad SMARTS) is 1. The lowest BCUT2D eigenvalue weighted by molar-refractivity contribution is -0.139. The van der Waals surface area contributed by atoms with Crippen LogP contribution in [0.3, 0.4) is 0 Å². The zero-order chi connectivity index (χ0) is 14.8. The summed E-state index contributed by atoms with van der Waals surface area (Å²) in [7, 11) is 1.47. The maximum Gasteiger partial charge on any atom is 0.326 e. The topological polar surface area (TPSA) is 103 Å². The van der Waals surface area contributed by atoms with E-state index in [0.29, 0.717) is 6.54 Å². The third-order valence-electron chi connectivity index (χ3n) is 2.59. The van der Waals surface area contributed by atoms with Crippen LogP contribution < -0.4 is 5.32 Å². The van der Waals surface area contributed by atoms with E-state index in [0.717, 1.165) is 0 Å². The number of hydrogen-bond acceptors (Lipinski definition) is 4. The van der Waals surface area contributed by atoms with E-state index >= 15 is 0 Å². The Morgan fingerprint density at radius 2 is 2.16 bits per heavy atom. The van der Waals surface area contributed by atoms with Gasteiger partial charge in [0.15, 0.2) is 0 Å². The first kappa shape index (κ1) is 17.2. The highest BCUT2D eigenvalue weighted by Gasteiger charge is 2.23. The van der Waals surface area contributed by atoms with Gasteiger partial charge in [0.25, 0.3) is 0 Å². The molecule has 0 radical (unpaired) electrons. The van der Waals surface area contributed by atoms with Crippen LogP contribution >= 0.6 is 0 Å². The van der Waals surface area contributed by atoms with Gasteiger partial charge in [-0.3, -0.25) is 0 Å². The van der Waals surface area contributed by atoms with Crippen molar-refractivity contribution in [2.45, 2.75) is 26.3 Å². The van der Waals surface area contributed by atoms with Crippen LogP contribution in [0, 0.1) is 17.2 Å². The molecular formula is C12H21N3O4. The highest BCUT2D eigenvalue weighted by molar-refractivity contribution is 5.82. The predicted octanol–water partition coefficient (Wildman–Crippen LogP) is 0.667. The van der Waals surface area contributed by atoms with Gasteiger partial charge in [-0.1, -0.05) is 0 Å². The average molecular weight is 271 g/mol. The number of ether oxygens (including phenoxy) is 1. The van der Waals surface area contributed by atoms with Gasteiger partial charge in [-0.05, 0) is 13.8 Å². The fraction of sp³-hybridized carbons (Fsp3) is 0.750. The van der Waals surface area contributed by atoms with E-state index in [1.807, 2.05) is 6.07 Å². The minimum Gasteiger partial charge on any atom is -0.480 e. The predicted molar refractivity (Wildman–Crippen MR) is 68.5 cm³/mol. The van der Waals surface area contributed by atoms with Crippen molar-refractivity contribution in [1.82, 2.24) is 10.2 Å². The van der Waals surface area contributed by atoms with E-state index in [-0.39, 0.29) is 25.5 Å². The maximum atomic E-state index is 11.9. The monoisotopic (exact) mass is 271 g/mol. The Kier molecular flexibility index (Phi) is 8.29. The summed E-state index contributed by atoms with van der Waals surface area (Å²) >= 11 is 0. The summed E-state index contributed by atoms with van der Waals surface area (Å²) in [5, 5.41) is 20.1. The van der Waals surface area contributed by atoms with Crippen molar-refractivity contribution in [2.75, 3.05) is 26.8 Å². The molecule has 0 aliphatic carbocycles. The summed E-state index contributed by atoms with van der Waals surface area (Å²) in [5.41, 5.74) is 0. The Balaban J connectivity index is 4.51. The molecule has 0 saturated carbocycles. The Morgan fingerprint density at radius 3 is 2.58 bits per heavy atom. The number of carboxylic acids is 1. The molecule has 19 heavy (non-hydrogen) atoms. The first-order chi connectivity index (χ1) is 8.96. The smallest absolute Gasteiger partial charge is 0.326 e. The summed E-state index contributed by atoms with van der Waals surface area (Å²) < 4.78 is 4.80. The zero-order valence-corrected chi connectivity index (χ0v) is 11.5. The minimum atomic E-state index is -1.10. The molecule has 0 rings (SSSR count). The molecule has 2 amide bonds. The van der Waals surface area contributed by atoms with E-state index in [4.69, 9.17) is 15.1 Å². The number of urea groups is 1. The van der Waals surface area contributed by atoms with E-state index in [1.165, 1.54) is 12.0 Å². The molecule has 2 N–H and O–H groups in total.